The van der Waals surface area contributed by atoms with Gasteiger partial charge in [0.1, 0.15) is 5.39 Å². The van der Waals surface area contributed by atoms with Gasteiger partial charge in [-0.05, 0) is 43.5 Å². The molecule has 0 bridgehead atoms. The maximum atomic E-state index is 12.6. The van der Waals surface area contributed by atoms with Crippen molar-refractivity contribution in [3.8, 4) is 6.07 Å². The van der Waals surface area contributed by atoms with Crippen LogP contribution in [0.2, 0.25) is 0 Å². The van der Waals surface area contributed by atoms with Crippen molar-refractivity contribution in [2.75, 3.05) is 5.32 Å². The lowest BCUT2D eigenvalue weighted by Crippen LogP contribution is -2.23. The van der Waals surface area contributed by atoms with E-state index in [1.807, 2.05) is 35.0 Å². The molecule has 0 radical (unpaired) electrons. The molecule has 7 heteroatoms. The molecule has 3 atom stereocenters. The summed E-state index contributed by atoms with van der Waals surface area (Å²) in [4.78, 5) is 15.3. The Hall–Kier alpha value is -3.11. The van der Waals surface area contributed by atoms with Crippen LogP contribution in [-0.2, 0) is 0 Å². The van der Waals surface area contributed by atoms with E-state index in [0.29, 0.717) is 11.2 Å². The fourth-order valence-corrected chi connectivity index (χ4v) is 4.01. The van der Waals surface area contributed by atoms with Crippen LogP contribution >= 0.6 is 0 Å². The molecule has 0 saturated heterocycles. The van der Waals surface area contributed by atoms with E-state index in [4.69, 9.17) is 5.10 Å². The van der Waals surface area contributed by atoms with Crippen molar-refractivity contribution in [2.24, 2.45) is 5.92 Å². The Balaban J connectivity index is 1.80. The molecule has 0 spiro atoms. The number of nitriles is 1. The van der Waals surface area contributed by atoms with Crippen LogP contribution in [0.15, 0.2) is 41.3 Å². The predicted molar refractivity (Wildman–Crippen MR) is 107 cm³/mol. The number of benzene rings is 1. The van der Waals surface area contributed by atoms with Crippen molar-refractivity contribution in [1.82, 2.24) is 14.8 Å². The molecule has 7 nitrogen and oxygen atoms in total. The Morgan fingerprint density at radius 1 is 1.36 bits per heavy atom. The molecule has 2 aromatic heterocycles. The minimum atomic E-state index is -0.585. The van der Waals surface area contributed by atoms with E-state index >= 15 is 0 Å². The normalized spacial score (nSPS) is 20.6. The number of nitrogens with zero attached hydrogens (tertiary/aromatic N) is 3. The number of H-pyrrole nitrogens is 1. The molecular formula is C21H23N5O2. The quantitative estimate of drug-likeness (QED) is 0.641. The van der Waals surface area contributed by atoms with Crippen LogP contribution in [0.4, 0.5) is 11.5 Å². The van der Waals surface area contributed by atoms with Crippen molar-refractivity contribution in [3.63, 3.8) is 0 Å². The molecule has 144 valence electrons. The van der Waals surface area contributed by atoms with Gasteiger partial charge in [-0.15, -0.1) is 0 Å². The summed E-state index contributed by atoms with van der Waals surface area (Å²) >= 11 is 0. The van der Waals surface area contributed by atoms with Crippen LogP contribution in [0.25, 0.3) is 10.9 Å². The first-order valence-corrected chi connectivity index (χ1v) is 9.63. The number of rotatable bonds is 4. The van der Waals surface area contributed by atoms with Crippen molar-refractivity contribution >= 4 is 22.4 Å². The Morgan fingerprint density at radius 2 is 2.18 bits per heavy atom. The lowest BCUT2D eigenvalue weighted by molar-refractivity contribution is 0.199. The summed E-state index contributed by atoms with van der Waals surface area (Å²) in [5, 5.41) is 27.8. The van der Waals surface area contributed by atoms with E-state index < -0.39 is 6.10 Å². The highest BCUT2D eigenvalue weighted by molar-refractivity contribution is 5.91. The molecule has 2 heterocycles. The van der Waals surface area contributed by atoms with Gasteiger partial charge >= 0.3 is 0 Å². The number of pyridine rings is 1. The van der Waals surface area contributed by atoms with Gasteiger partial charge in [0.15, 0.2) is 5.82 Å². The molecule has 28 heavy (non-hydrogen) atoms. The molecule has 3 N–H and O–H groups in total. The Labute approximate surface area is 162 Å². The standard InChI is InChI=1S/C21H23N5O2/c1-13(27)14-6-4-7-16(11-14)24-20-19-18(9-10-23-21(19)28)26(25-20)17-8-3-2-5-15(17)12-22/h4,6-7,9-11,13,15,17,27H,2-3,5,8H2,1H3,(H,23,28)(H,24,25)/t13?,15-,17+/m1/s1. The Bertz CT molecular complexity index is 1090. The number of hydrogen-bond acceptors (Lipinski definition) is 5. The molecule has 3 aromatic rings. The predicted octanol–water partition coefficient (Wildman–Crippen LogP) is 3.78. The second-order valence-corrected chi connectivity index (χ2v) is 7.37. The fourth-order valence-electron chi connectivity index (χ4n) is 4.01. The fraction of sp³-hybridized carbons (Fsp3) is 0.381. The van der Waals surface area contributed by atoms with E-state index in [0.717, 1.165) is 42.5 Å². The van der Waals surface area contributed by atoms with Crippen LogP contribution in [0, 0.1) is 17.2 Å². The van der Waals surface area contributed by atoms with E-state index in [1.165, 1.54) is 0 Å². The number of anilines is 2. The van der Waals surface area contributed by atoms with Gasteiger partial charge in [-0.1, -0.05) is 25.0 Å². The number of hydrogen-bond donors (Lipinski definition) is 3. The molecule has 1 aliphatic rings. The van der Waals surface area contributed by atoms with Crippen molar-refractivity contribution < 1.29 is 5.11 Å². The van der Waals surface area contributed by atoms with Gasteiger partial charge in [-0.3, -0.25) is 9.48 Å². The van der Waals surface area contributed by atoms with E-state index in [-0.39, 0.29) is 17.5 Å². The molecule has 0 aliphatic heterocycles. The first-order valence-electron chi connectivity index (χ1n) is 9.63. The number of fused-ring (bicyclic) bond motifs is 1. The molecule has 1 aliphatic carbocycles. The Morgan fingerprint density at radius 3 is 2.96 bits per heavy atom. The Kier molecular flexibility index (Phi) is 4.88. The van der Waals surface area contributed by atoms with Gasteiger partial charge in [0.05, 0.1) is 29.6 Å². The maximum absolute atomic E-state index is 12.6. The molecular weight excluding hydrogens is 354 g/mol. The van der Waals surface area contributed by atoms with E-state index in [2.05, 4.69) is 16.4 Å². The number of aromatic amines is 1. The highest BCUT2D eigenvalue weighted by Gasteiger charge is 2.29. The first-order chi connectivity index (χ1) is 13.6. The number of aliphatic hydroxyl groups excluding tert-OH is 1. The highest BCUT2D eigenvalue weighted by Crippen LogP contribution is 2.36. The lowest BCUT2D eigenvalue weighted by atomic mass is 9.85. The minimum absolute atomic E-state index is 0.0394. The third kappa shape index (κ3) is 3.27. The summed E-state index contributed by atoms with van der Waals surface area (Å²) in [5.74, 6) is 0.351. The molecule has 1 unspecified atom stereocenters. The largest absolute Gasteiger partial charge is 0.389 e. The monoisotopic (exact) mass is 377 g/mol. The summed E-state index contributed by atoms with van der Waals surface area (Å²) in [7, 11) is 0. The zero-order valence-electron chi connectivity index (χ0n) is 15.7. The maximum Gasteiger partial charge on any atom is 0.261 e. The topological polar surface area (TPSA) is 107 Å². The van der Waals surface area contributed by atoms with Crippen LogP contribution in [-0.4, -0.2) is 19.9 Å². The van der Waals surface area contributed by atoms with Crippen LogP contribution in [0.3, 0.4) is 0 Å². The zero-order valence-corrected chi connectivity index (χ0v) is 15.7. The summed E-state index contributed by atoms with van der Waals surface area (Å²) in [6.07, 6.45) is 4.85. The molecule has 1 fully saturated rings. The van der Waals surface area contributed by atoms with Crippen LogP contribution in [0.5, 0.6) is 0 Å². The molecule has 4 rings (SSSR count). The SMILES string of the molecule is CC(O)c1cccc(Nc2nn([C@H]3CCCC[C@@H]3C#N)c3cc[nH]c(=O)c23)c1. The number of aromatic nitrogens is 3. The van der Waals surface area contributed by atoms with Gasteiger partial charge in [0.2, 0.25) is 0 Å². The lowest BCUT2D eigenvalue weighted by Gasteiger charge is -2.27. The van der Waals surface area contributed by atoms with Crippen LogP contribution < -0.4 is 10.9 Å². The summed E-state index contributed by atoms with van der Waals surface area (Å²) in [6.45, 7) is 1.71. The van der Waals surface area contributed by atoms with Crippen molar-refractivity contribution in [3.05, 3.63) is 52.4 Å². The number of aliphatic hydroxyl groups is 1. The van der Waals surface area contributed by atoms with Gasteiger partial charge in [0, 0.05) is 11.9 Å². The highest BCUT2D eigenvalue weighted by atomic mass is 16.3. The van der Waals surface area contributed by atoms with Gasteiger partial charge in [0.25, 0.3) is 5.56 Å². The zero-order chi connectivity index (χ0) is 19.7. The minimum Gasteiger partial charge on any atom is -0.389 e. The van der Waals surface area contributed by atoms with Gasteiger partial charge in [-0.25, -0.2) is 0 Å². The van der Waals surface area contributed by atoms with E-state index in [9.17, 15) is 15.2 Å². The third-order valence-electron chi connectivity index (χ3n) is 5.47. The van der Waals surface area contributed by atoms with Gasteiger partial charge in [-0.2, -0.15) is 10.4 Å². The second-order valence-electron chi connectivity index (χ2n) is 7.37. The smallest absolute Gasteiger partial charge is 0.261 e. The summed E-state index contributed by atoms with van der Waals surface area (Å²) < 4.78 is 1.85. The van der Waals surface area contributed by atoms with Crippen molar-refractivity contribution in [1.29, 1.82) is 5.26 Å². The molecule has 1 aromatic carbocycles. The molecule has 1 saturated carbocycles. The van der Waals surface area contributed by atoms with Crippen molar-refractivity contribution in [2.45, 2.75) is 44.8 Å². The average molecular weight is 377 g/mol. The second kappa shape index (κ2) is 7.49. The van der Waals surface area contributed by atoms with Crippen LogP contribution in [0.1, 0.15) is 50.3 Å². The first kappa shape index (κ1) is 18.3. The van der Waals surface area contributed by atoms with E-state index in [1.54, 1.807) is 13.1 Å². The van der Waals surface area contributed by atoms with Gasteiger partial charge < -0.3 is 15.4 Å². The summed E-state index contributed by atoms with van der Waals surface area (Å²) in [6, 6.07) is 11.6. The third-order valence-corrected chi connectivity index (χ3v) is 5.47. The number of nitrogens with one attached hydrogen (secondary N) is 2. The molecule has 0 amide bonds. The summed E-state index contributed by atoms with van der Waals surface area (Å²) in [5.41, 5.74) is 2.03. The average Bonchev–Trinajstić information content (AvgIpc) is 3.07.